The maximum absolute atomic E-state index is 12.0. The van der Waals surface area contributed by atoms with E-state index in [0.29, 0.717) is 6.61 Å². The van der Waals surface area contributed by atoms with Crippen molar-refractivity contribution in [2.75, 3.05) is 7.05 Å². The van der Waals surface area contributed by atoms with Gasteiger partial charge in [-0.1, -0.05) is 30.3 Å². The van der Waals surface area contributed by atoms with E-state index in [1.165, 1.54) is 13.8 Å². The Morgan fingerprint density at radius 3 is 1.90 bits per heavy atom. The first-order chi connectivity index (χ1) is 14.2. The summed E-state index contributed by atoms with van der Waals surface area (Å²) in [5.41, 5.74) is 0.973. The predicted molar refractivity (Wildman–Crippen MR) is 105 cm³/mol. The Labute approximate surface area is 176 Å². The zero-order chi connectivity index (χ0) is 21.6. The Hall–Kier alpha value is -2.00. The van der Waals surface area contributed by atoms with E-state index in [0.717, 1.165) is 5.56 Å². The maximum Gasteiger partial charge on any atom is 0.303 e. The number of benzene rings is 1. The monoisotopic (exact) mass is 419 g/mol. The quantitative estimate of drug-likeness (QED) is 0.667. The first-order valence-electron chi connectivity index (χ1n) is 10.3. The molecule has 8 nitrogen and oxygen atoms in total. The van der Waals surface area contributed by atoms with Gasteiger partial charge in [0.15, 0.2) is 5.79 Å². The standard InChI is InChI=1S/C22H29NO7/c1-12(24)27-17-15-19-20(30-22(3,4)29-19)16(23(15)5)18(28-13(2)25)21(17)26-11-14-9-7-6-8-10-14/h6-10,15-21H,11H2,1-5H3/t15-,16+,17-,18+,19-,20+,21?. The zero-order valence-corrected chi connectivity index (χ0v) is 17.9. The highest BCUT2D eigenvalue weighted by Gasteiger charge is 2.68. The van der Waals surface area contributed by atoms with Crippen LogP contribution in [0.4, 0.5) is 0 Å². The lowest BCUT2D eigenvalue weighted by Gasteiger charge is -2.47. The van der Waals surface area contributed by atoms with Gasteiger partial charge in [-0.05, 0) is 26.5 Å². The van der Waals surface area contributed by atoms with Crippen LogP contribution in [-0.4, -0.2) is 72.3 Å². The molecule has 0 N–H and O–H groups in total. The number of hydrogen-bond donors (Lipinski definition) is 0. The fraction of sp³-hybridized carbons (Fsp3) is 0.636. The maximum atomic E-state index is 12.0. The minimum atomic E-state index is -0.771. The van der Waals surface area contributed by atoms with Gasteiger partial charge in [0.2, 0.25) is 0 Å². The number of rotatable bonds is 5. The number of fused-ring (bicyclic) bond motifs is 5. The SMILES string of the molecule is CC(=O)O[C@@H]1C(OCc2ccccc2)[C@H](OC(C)=O)[C@@H]2[C@H]3OC(C)(C)O[C@H]3[C@H]1N2C. The predicted octanol–water partition coefficient (Wildman–Crippen LogP) is 1.65. The summed E-state index contributed by atoms with van der Waals surface area (Å²) in [5.74, 6) is -1.63. The van der Waals surface area contributed by atoms with E-state index in [4.69, 9.17) is 23.7 Å². The first kappa shape index (κ1) is 21.2. The van der Waals surface area contributed by atoms with Crippen LogP contribution < -0.4 is 0 Å². The molecule has 0 radical (unpaired) electrons. The van der Waals surface area contributed by atoms with Gasteiger partial charge in [-0.2, -0.15) is 0 Å². The second-order valence-electron chi connectivity index (χ2n) is 8.62. The second kappa shape index (κ2) is 7.92. The second-order valence-corrected chi connectivity index (χ2v) is 8.62. The average molecular weight is 419 g/mol. The number of carbonyl (C=O) groups excluding carboxylic acids is 2. The van der Waals surface area contributed by atoms with Crippen molar-refractivity contribution in [1.29, 1.82) is 0 Å². The summed E-state index contributed by atoms with van der Waals surface area (Å²) < 4.78 is 30.1. The van der Waals surface area contributed by atoms with Gasteiger partial charge in [-0.15, -0.1) is 0 Å². The molecular weight excluding hydrogens is 390 g/mol. The van der Waals surface area contributed by atoms with Crippen LogP contribution in [0, 0.1) is 0 Å². The molecule has 0 aromatic heterocycles. The third-order valence-electron chi connectivity index (χ3n) is 5.99. The third kappa shape index (κ3) is 3.85. The molecule has 1 aromatic rings. The molecule has 1 unspecified atom stereocenters. The number of likely N-dealkylation sites (N-methyl/N-ethyl adjacent to an activating group) is 1. The summed E-state index contributed by atoms with van der Waals surface area (Å²) in [6, 6.07) is 9.14. The lowest BCUT2D eigenvalue weighted by Crippen LogP contribution is -2.65. The van der Waals surface area contributed by atoms with Gasteiger partial charge in [0.1, 0.15) is 30.5 Å². The highest BCUT2D eigenvalue weighted by Crippen LogP contribution is 2.48. The molecule has 8 heteroatoms. The molecule has 3 saturated heterocycles. The minimum absolute atomic E-state index is 0.279. The van der Waals surface area contributed by atoms with Crippen molar-refractivity contribution in [3.05, 3.63) is 35.9 Å². The van der Waals surface area contributed by atoms with E-state index >= 15 is 0 Å². The summed E-state index contributed by atoms with van der Waals surface area (Å²) in [5, 5.41) is 0. The van der Waals surface area contributed by atoms with Crippen molar-refractivity contribution in [3.63, 3.8) is 0 Å². The molecule has 3 fully saturated rings. The summed E-state index contributed by atoms with van der Waals surface area (Å²) in [6.45, 7) is 6.73. The van der Waals surface area contributed by atoms with E-state index in [1.54, 1.807) is 0 Å². The van der Waals surface area contributed by atoms with E-state index < -0.39 is 36.0 Å². The van der Waals surface area contributed by atoms with Gasteiger partial charge in [0.25, 0.3) is 0 Å². The number of carbonyl (C=O) groups is 2. The van der Waals surface area contributed by atoms with Gasteiger partial charge in [-0.3, -0.25) is 14.5 Å². The summed E-state index contributed by atoms with van der Waals surface area (Å²) in [6.07, 6.45) is -2.66. The van der Waals surface area contributed by atoms with Crippen molar-refractivity contribution in [1.82, 2.24) is 4.90 Å². The minimum Gasteiger partial charge on any atom is -0.458 e. The molecular formula is C22H29NO7. The topological polar surface area (TPSA) is 83.5 Å². The summed E-state index contributed by atoms with van der Waals surface area (Å²) in [4.78, 5) is 26.0. The number of esters is 2. The third-order valence-corrected chi connectivity index (χ3v) is 5.99. The van der Waals surface area contributed by atoms with Crippen molar-refractivity contribution in [3.8, 4) is 0 Å². The van der Waals surface area contributed by atoms with E-state index in [-0.39, 0.29) is 24.3 Å². The molecule has 164 valence electrons. The largest absolute Gasteiger partial charge is 0.458 e. The number of piperidine rings is 1. The number of hydrogen-bond acceptors (Lipinski definition) is 8. The zero-order valence-electron chi connectivity index (χ0n) is 17.9. The first-order valence-corrected chi connectivity index (χ1v) is 10.3. The van der Waals surface area contributed by atoms with E-state index in [9.17, 15) is 9.59 Å². The molecule has 7 atom stereocenters. The normalized spacial score (nSPS) is 36.9. The van der Waals surface area contributed by atoms with E-state index in [1.807, 2.05) is 56.1 Å². The van der Waals surface area contributed by atoms with Gasteiger partial charge in [0.05, 0.1) is 18.7 Å². The number of ether oxygens (including phenoxy) is 5. The summed E-state index contributed by atoms with van der Waals surface area (Å²) >= 11 is 0. The Morgan fingerprint density at radius 2 is 1.43 bits per heavy atom. The highest BCUT2D eigenvalue weighted by atomic mass is 16.8. The van der Waals surface area contributed by atoms with Gasteiger partial charge < -0.3 is 23.7 Å². The van der Waals surface area contributed by atoms with Crippen LogP contribution in [-0.2, 0) is 39.9 Å². The Kier molecular flexibility index (Phi) is 5.61. The van der Waals surface area contributed by atoms with Gasteiger partial charge in [0, 0.05) is 13.8 Å². The molecule has 2 bridgehead atoms. The van der Waals surface area contributed by atoms with Crippen LogP contribution in [0.2, 0.25) is 0 Å². The molecule has 30 heavy (non-hydrogen) atoms. The molecule has 0 spiro atoms. The Bertz CT molecular complexity index is 756. The van der Waals surface area contributed by atoms with Crippen LogP contribution in [0.1, 0.15) is 33.3 Å². The lowest BCUT2D eigenvalue weighted by molar-refractivity contribution is -0.232. The molecule has 0 aliphatic carbocycles. The summed E-state index contributed by atoms with van der Waals surface area (Å²) in [7, 11) is 1.91. The molecule has 1 aromatic carbocycles. The van der Waals surface area contributed by atoms with Gasteiger partial charge in [-0.25, -0.2) is 0 Å². The fourth-order valence-electron chi connectivity index (χ4n) is 5.03. The van der Waals surface area contributed by atoms with Crippen LogP contribution >= 0.6 is 0 Å². The van der Waals surface area contributed by atoms with E-state index in [2.05, 4.69) is 0 Å². The molecule has 3 aliphatic rings. The lowest BCUT2D eigenvalue weighted by atomic mass is 9.93. The fourth-order valence-corrected chi connectivity index (χ4v) is 5.03. The molecule has 3 heterocycles. The Balaban J connectivity index is 1.69. The average Bonchev–Trinajstić information content (AvgIpc) is 3.05. The van der Waals surface area contributed by atoms with Gasteiger partial charge >= 0.3 is 11.9 Å². The highest BCUT2D eigenvalue weighted by molar-refractivity contribution is 5.67. The molecule has 0 amide bonds. The van der Waals surface area contributed by atoms with Crippen LogP contribution in [0.25, 0.3) is 0 Å². The van der Waals surface area contributed by atoms with Crippen molar-refractivity contribution < 1.29 is 33.3 Å². The van der Waals surface area contributed by atoms with Crippen molar-refractivity contribution >= 4 is 11.9 Å². The van der Waals surface area contributed by atoms with Crippen LogP contribution in [0.3, 0.4) is 0 Å². The van der Waals surface area contributed by atoms with Crippen LogP contribution in [0.15, 0.2) is 30.3 Å². The smallest absolute Gasteiger partial charge is 0.303 e. The molecule has 3 aliphatic heterocycles. The Morgan fingerprint density at radius 1 is 0.933 bits per heavy atom. The van der Waals surface area contributed by atoms with Crippen LogP contribution in [0.5, 0.6) is 0 Å². The number of nitrogens with zero attached hydrogens (tertiary/aromatic N) is 1. The molecule has 0 saturated carbocycles. The van der Waals surface area contributed by atoms with Crippen molar-refractivity contribution in [2.45, 2.75) is 82.7 Å². The van der Waals surface area contributed by atoms with Crippen molar-refractivity contribution in [2.24, 2.45) is 0 Å². The molecule has 4 rings (SSSR count).